The first kappa shape index (κ1) is 14.7. The number of anilines is 1. The first-order valence-electron chi connectivity index (χ1n) is 7.67. The van der Waals surface area contributed by atoms with Gasteiger partial charge in [-0.1, -0.05) is 38.1 Å². The number of nitrogens with zero attached hydrogens (tertiary/aromatic N) is 2. The van der Waals surface area contributed by atoms with Crippen LogP contribution in [-0.4, -0.2) is 31.1 Å². The summed E-state index contributed by atoms with van der Waals surface area (Å²) < 4.78 is 0. The van der Waals surface area contributed by atoms with E-state index in [0.717, 1.165) is 16.8 Å². The molecule has 0 saturated carbocycles. The minimum Gasteiger partial charge on any atom is -0.336 e. The molecule has 1 aliphatic heterocycles. The summed E-state index contributed by atoms with van der Waals surface area (Å²) >= 11 is 0. The molecule has 0 saturated heterocycles. The summed E-state index contributed by atoms with van der Waals surface area (Å²) in [6.45, 7) is 5.57. The van der Waals surface area contributed by atoms with Gasteiger partial charge in [0, 0.05) is 18.3 Å². The Hall–Kier alpha value is -2.20. The van der Waals surface area contributed by atoms with Crippen LogP contribution >= 0.6 is 0 Å². The lowest BCUT2D eigenvalue weighted by molar-refractivity contribution is -0.116. The second kappa shape index (κ2) is 5.89. The fraction of sp³-hybridized carbons (Fsp3) is 0.333. The molecule has 1 aliphatic carbocycles. The molecular weight excluding hydrogens is 274 g/mol. The average Bonchev–Trinajstić information content (AvgIpc) is 2.72. The maximum absolute atomic E-state index is 12.6. The molecule has 114 valence electrons. The molecular formula is C18H21N3O. The van der Waals surface area contributed by atoms with Gasteiger partial charge in [-0.2, -0.15) is 0 Å². The van der Waals surface area contributed by atoms with E-state index < -0.39 is 6.04 Å². The van der Waals surface area contributed by atoms with Gasteiger partial charge in [0.15, 0.2) is 5.78 Å². The number of hydrogen-bond donors (Lipinski definition) is 1. The van der Waals surface area contributed by atoms with E-state index in [1.54, 1.807) is 0 Å². The summed E-state index contributed by atoms with van der Waals surface area (Å²) in [5, 5.41) is 0. The minimum atomic E-state index is -0.561. The SMILES string of the molecule is CC(C)C1=CC(N)C(=O)C(N2CCN=Cc3ccccc32)=C1. The Morgan fingerprint density at radius 2 is 2.09 bits per heavy atom. The molecule has 1 aromatic rings. The largest absolute Gasteiger partial charge is 0.336 e. The van der Waals surface area contributed by atoms with Crippen molar-refractivity contribution in [2.75, 3.05) is 18.0 Å². The van der Waals surface area contributed by atoms with Crippen molar-refractivity contribution < 1.29 is 4.79 Å². The maximum Gasteiger partial charge on any atom is 0.199 e. The smallest absolute Gasteiger partial charge is 0.199 e. The predicted octanol–water partition coefficient (Wildman–Crippen LogP) is 2.30. The summed E-state index contributed by atoms with van der Waals surface area (Å²) in [6.07, 6.45) is 5.73. The third-order valence-corrected chi connectivity index (χ3v) is 4.10. The van der Waals surface area contributed by atoms with Gasteiger partial charge >= 0.3 is 0 Å². The number of aliphatic imine (C=N–C) groups is 1. The Kier molecular flexibility index (Phi) is 3.94. The molecule has 1 atom stereocenters. The number of benzene rings is 1. The Bertz CT molecular complexity index is 685. The molecule has 0 aromatic heterocycles. The normalized spacial score (nSPS) is 21.4. The summed E-state index contributed by atoms with van der Waals surface area (Å²) in [5.41, 5.74) is 9.88. The predicted molar refractivity (Wildman–Crippen MR) is 90.2 cm³/mol. The van der Waals surface area contributed by atoms with Gasteiger partial charge in [-0.05, 0) is 23.6 Å². The fourth-order valence-electron chi connectivity index (χ4n) is 2.83. The fourth-order valence-corrected chi connectivity index (χ4v) is 2.83. The summed E-state index contributed by atoms with van der Waals surface area (Å²) in [5.74, 6) is 0.314. The van der Waals surface area contributed by atoms with Crippen LogP contribution in [0.4, 0.5) is 5.69 Å². The molecule has 1 aromatic carbocycles. The Morgan fingerprint density at radius 1 is 1.32 bits per heavy atom. The molecule has 0 fully saturated rings. The highest BCUT2D eigenvalue weighted by molar-refractivity contribution is 6.06. The van der Waals surface area contributed by atoms with Gasteiger partial charge in [-0.25, -0.2) is 0 Å². The van der Waals surface area contributed by atoms with Crippen molar-refractivity contribution in [1.29, 1.82) is 0 Å². The third-order valence-electron chi connectivity index (χ3n) is 4.10. The van der Waals surface area contributed by atoms with Crippen molar-refractivity contribution >= 4 is 17.7 Å². The lowest BCUT2D eigenvalue weighted by Crippen LogP contribution is -2.40. The van der Waals surface area contributed by atoms with Crippen molar-refractivity contribution in [2.45, 2.75) is 19.9 Å². The van der Waals surface area contributed by atoms with Gasteiger partial charge in [-0.3, -0.25) is 9.79 Å². The summed E-state index contributed by atoms with van der Waals surface area (Å²) in [4.78, 5) is 19.1. The zero-order valence-electron chi connectivity index (χ0n) is 13.0. The number of para-hydroxylation sites is 1. The van der Waals surface area contributed by atoms with E-state index in [1.165, 1.54) is 0 Å². The van der Waals surface area contributed by atoms with Crippen molar-refractivity contribution in [3.05, 3.63) is 53.3 Å². The molecule has 1 heterocycles. The number of carbonyl (C=O) groups excluding carboxylic acids is 1. The first-order chi connectivity index (χ1) is 10.6. The average molecular weight is 295 g/mol. The van der Waals surface area contributed by atoms with Crippen LogP contribution in [0.5, 0.6) is 0 Å². The molecule has 4 nitrogen and oxygen atoms in total. The van der Waals surface area contributed by atoms with E-state index in [4.69, 9.17) is 5.73 Å². The molecule has 3 rings (SSSR count). The molecule has 22 heavy (non-hydrogen) atoms. The zero-order chi connectivity index (χ0) is 15.7. The minimum absolute atomic E-state index is 0.0268. The van der Waals surface area contributed by atoms with Gasteiger partial charge in [0.2, 0.25) is 0 Å². The molecule has 2 aliphatic rings. The highest BCUT2D eigenvalue weighted by atomic mass is 16.1. The van der Waals surface area contributed by atoms with Crippen LogP contribution in [0.15, 0.2) is 52.7 Å². The second-order valence-electron chi connectivity index (χ2n) is 5.99. The van der Waals surface area contributed by atoms with Gasteiger partial charge in [-0.15, -0.1) is 0 Å². The number of fused-ring (bicyclic) bond motifs is 1. The number of Topliss-reactive ketones (excluding diaryl/α,β-unsaturated/α-hetero) is 1. The van der Waals surface area contributed by atoms with Crippen LogP contribution in [0, 0.1) is 5.92 Å². The Balaban J connectivity index is 2.07. The van der Waals surface area contributed by atoms with Gasteiger partial charge in [0.25, 0.3) is 0 Å². The monoisotopic (exact) mass is 295 g/mol. The van der Waals surface area contributed by atoms with Crippen LogP contribution in [0.2, 0.25) is 0 Å². The number of rotatable bonds is 2. The van der Waals surface area contributed by atoms with Crippen molar-refractivity contribution in [1.82, 2.24) is 0 Å². The van der Waals surface area contributed by atoms with Crippen LogP contribution in [0.3, 0.4) is 0 Å². The van der Waals surface area contributed by atoms with E-state index in [1.807, 2.05) is 42.6 Å². The highest BCUT2D eigenvalue weighted by Gasteiger charge is 2.28. The quantitative estimate of drug-likeness (QED) is 0.911. The summed E-state index contributed by atoms with van der Waals surface area (Å²) in [7, 11) is 0. The number of carbonyl (C=O) groups is 1. The third kappa shape index (κ3) is 2.62. The van der Waals surface area contributed by atoms with Crippen LogP contribution in [-0.2, 0) is 4.79 Å². The van der Waals surface area contributed by atoms with Crippen LogP contribution in [0.1, 0.15) is 19.4 Å². The second-order valence-corrected chi connectivity index (χ2v) is 5.99. The lowest BCUT2D eigenvalue weighted by atomic mass is 9.91. The van der Waals surface area contributed by atoms with E-state index in [0.29, 0.717) is 24.7 Å². The van der Waals surface area contributed by atoms with E-state index in [-0.39, 0.29) is 5.78 Å². The summed E-state index contributed by atoms with van der Waals surface area (Å²) in [6, 6.07) is 7.45. The maximum atomic E-state index is 12.6. The molecule has 2 N–H and O–H groups in total. The van der Waals surface area contributed by atoms with Crippen molar-refractivity contribution in [2.24, 2.45) is 16.6 Å². The molecule has 0 radical (unpaired) electrons. The Labute approximate surface area is 131 Å². The number of nitrogens with two attached hydrogens (primary N) is 1. The number of ketones is 1. The van der Waals surface area contributed by atoms with E-state index >= 15 is 0 Å². The van der Waals surface area contributed by atoms with Crippen LogP contribution in [0.25, 0.3) is 0 Å². The highest BCUT2D eigenvalue weighted by Crippen LogP contribution is 2.29. The lowest BCUT2D eigenvalue weighted by Gasteiger charge is -2.30. The van der Waals surface area contributed by atoms with Crippen molar-refractivity contribution in [3.63, 3.8) is 0 Å². The molecule has 1 unspecified atom stereocenters. The van der Waals surface area contributed by atoms with Gasteiger partial charge < -0.3 is 10.6 Å². The standard InChI is InChI=1S/C18H21N3O/c1-12(2)14-9-15(19)18(22)17(10-14)21-8-7-20-11-13-5-3-4-6-16(13)21/h3-6,9-12,15H,7-8,19H2,1-2H3. The molecule has 0 amide bonds. The van der Waals surface area contributed by atoms with Gasteiger partial charge in [0.1, 0.15) is 0 Å². The number of hydrogen-bond acceptors (Lipinski definition) is 4. The van der Waals surface area contributed by atoms with Crippen molar-refractivity contribution in [3.8, 4) is 0 Å². The number of benzodiazepines with no additional fused rings is 1. The molecule has 0 bridgehead atoms. The Morgan fingerprint density at radius 3 is 2.86 bits per heavy atom. The molecule has 0 spiro atoms. The van der Waals surface area contributed by atoms with Crippen LogP contribution < -0.4 is 10.6 Å². The number of allylic oxidation sites excluding steroid dienone is 2. The topological polar surface area (TPSA) is 58.7 Å². The molecule has 4 heteroatoms. The zero-order valence-corrected chi connectivity index (χ0v) is 13.0. The first-order valence-corrected chi connectivity index (χ1v) is 7.67. The van der Waals surface area contributed by atoms with E-state index in [9.17, 15) is 4.79 Å². The van der Waals surface area contributed by atoms with Gasteiger partial charge in [0.05, 0.1) is 24.0 Å². The van der Waals surface area contributed by atoms with E-state index in [2.05, 4.69) is 23.7 Å².